The molecule has 0 aliphatic carbocycles. The first-order valence-corrected chi connectivity index (χ1v) is 4.29. The number of hydrogen-bond acceptors (Lipinski definition) is 1. The standard InChI is InChI=1S/C9H14ClN/c1-6(2)9-7(3)4-8(10)5-11-9/h4,6,11H,5H2,1-3H3. The van der Waals surface area contributed by atoms with Gasteiger partial charge in [-0.05, 0) is 24.5 Å². The van der Waals surface area contributed by atoms with Gasteiger partial charge in [0, 0.05) is 10.7 Å². The number of rotatable bonds is 1. The summed E-state index contributed by atoms with van der Waals surface area (Å²) < 4.78 is 0. The van der Waals surface area contributed by atoms with Gasteiger partial charge >= 0.3 is 0 Å². The first kappa shape index (κ1) is 8.66. The number of allylic oxidation sites excluding steroid dienone is 3. The van der Waals surface area contributed by atoms with E-state index in [0.29, 0.717) is 5.92 Å². The average molecular weight is 172 g/mol. The lowest BCUT2D eigenvalue weighted by Gasteiger charge is -2.20. The van der Waals surface area contributed by atoms with E-state index in [1.807, 2.05) is 6.08 Å². The van der Waals surface area contributed by atoms with Gasteiger partial charge in [0.05, 0.1) is 6.54 Å². The highest BCUT2D eigenvalue weighted by molar-refractivity contribution is 6.30. The maximum atomic E-state index is 5.85. The molecule has 0 aromatic heterocycles. The van der Waals surface area contributed by atoms with Crippen LogP contribution in [0, 0.1) is 5.92 Å². The molecule has 0 amide bonds. The Labute approximate surface area is 73.1 Å². The van der Waals surface area contributed by atoms with E-state index < -0.39 is 0 Å². The molecule has 1 aliphatic rings. The Hall–Kier alpha value is -0.430. The number of nitrogens with one attached hydrogen (secondary N) is 1. The number of halogens is 1. The summed E-state index contributed by atoms with van der Waals surface area (Å²) in [6.07, 6.45) is 2.04. The molecule has 1 aliphatic heterocycles. The second-order valence-corrected chi connectivity index (χ2v) is 3.68. The molecule has 0 saturated carbocycles. The molecule has 0 radical (unpaired) electrons. The minimum atomic E-state index is 0.566. The van der Waals surface area contributed by atoms with Crippen molar-refractivity contribution >= 4 is 11.6 Å². The van der Waals surface area contributed by atoms with Crippen molar-refractivity contribution in [3.8, 4) is 0 Å². The van der Waals surface area contributed by atoms with Crippen LogP contribution in [0.25, 0.3) is 0 Å². The van der Waals surface area contributed by atoms with Gasteiger partial charge in [-0.2, -0.15) is 0 Å². The van der Waals surface area contributed by atoms with Crippen LogP contribution in [-0.2, 0) is 0 Å². The fraction of sp³-hybridized carbons (Fsp3) is 0.556. The second kappa shape index (κ2) is 3.31. The molecule has 0 aromatic carbocycles. The van der Waals surface area contributed by atoms with Gasteiger partial charge < -0.3 is 5.32 Å². The predicted molar refractivity (Wildman–Crippen MR) is 49.5 cm³/mol. The van der Waals surface area contributed by atoms with Crippen molar-refractivity contribution in [2.24, 2.45) is 5.92 Å². The maximum absolute atomic E-state index is 5.85. The fourth-order valence-corrected chi connectivity index (χ4v) is 1.57. The van der Waals surface area contributed by atoms with E-state index in [-0.39, 0.29) is 0 Å². The summed E-state index contributed by atoms with van der Waals surface area (Å²) in [5, 5.41) is 4.19. The monoisotopic (exact) mass is 171 g/mol. The molecule has 0 atom stereocenters. The molecule has 0 spiro atoms. The van der Waals surface area contributed by atoms with Crippen molar-refractivity contribution in [2.75, 3.05) is 6.54 Å². The van der Waals surface area contributed by atoms with Crippen LogP contribution in [0.5, 0.6) is 0 Å². The maximum Gasteiger partial charge on any atom is 0.0505 e. The molecule has 1 N–H and O–H groups in total. The minimum Gasteiger partial charge on any atom is -0.383 e. The van der Waals surface area contributed by atoms with E-state index in [1.54, 1.807) is 0 Å². The van der Waals surface area contributed by atoms with Crippen LogP contribution >= 0.6 is 11.6 Å². The van der Waals surface area contributed by atoms with Gasteiger partial charge in [0.15, 0.2) is 0 Å². The van der Waals surface area contributed by atoms with Crippen LogP contribution in [0.15, 0.2) is 22.4 Å². The van der Waals surface area contributed by atoms with Crippen LogP contribution in [0.2, 0.25) is 0 Å². The third kappa shape index (κ3) is 2.00. The zero-order valence-corrected chi connectivity index (χ0v) is 8.00. The summed E-state index contributed by atoms with van der Waals surface area (Å²) in [6, 6.07) is 0. The van der Waals surface area contributed by atoms with Crippen molar-refractivity contribution in [2.45, 2.75) is 20.8 Å². The summed E-state index contributed by atoms with van der Waals surface area (Å²) in [4.78, 5) is 0. The SMILES string of the molecule is CC1=C(C(C)C)NCC(Cl)=C1. The van der Waals surface area contributed by atoms with Gasteiger partial charge in [0.25, 0.3) is 0 Å². The van der Waals surface area contributed by atoms with E-state index in [9.17, 15) is 0 Å². The van der Waals surface area contributed by atoms with Gasteiger partial charge in [-0.25, -0.2) is 0 Å². The van der Waals surface area contributed by atoms with Crippen molar-refractivity contribution in [1.29, 1.82) is 0 Å². The Kier molecular flexibility index (Phi) is 2.61. The molecule has 62 valence electrons. The third-order valence-corrected chi connectivity index (χ3v) is 2.07. The van der Waals surface area contributed by atoms with Gasteiger partial charge in [-0.3, -0.25) is 0 Å². The van der Waals surface area contributed by atoms with Crippen molar-refractivity contribution < 1.29 is 0 Å². The van der Waals surface area contributed by atoms with Gasteiger partial charge in [0.1, 0.15) is 0 Å². The first-order valence-electron chi connectivity index (χ1n) is 3.92. The Morgan fingerprint density at radius 2 is 2.18 bits per heavy atom. The Bertz CT molecular complexity index is 214. The minimum absolute atomic E-state index is 0.566. The molecule has 2 heteroatoms. The van der Waals surface area contributed by atoms with Gasteiger partial charge in [-0.1, -0.05) is 25.4 Å². The van der Waals surface area contributed by atoms with Crippen LogP contribution in [0.4, 0.5) is 0 Å². The van der Waals surface area contributed by atoms with Crippen molar-refractivity contribution in [3.05, 3.63) is 22.4 Å². The predicted octanol–water partition coefficient (Wildman–Crippen LogP) is 2.64. The lowest BCUT2D eigenvalue weighted by atomic mass is 10.0. The molecule has 0 aromatic rings. The first-order chi connectivity index (χ1) is 5.11. The normalized spacial score (nSPS) is 18.5. The van der Waals surface area contributed by atoms with Crippen LogP contribution in [0.3, 0.4) is 0 Å². The summed E-state index contributed by atoms with van der Waals surface area (Å²) in [7, 11) is 0. The van der Waals surface area contributed by atoms with E-state index in [4.69, 9.17) is 11.6 Å². The molecule has 0 bridgehead atoms. The van der Waals surface area contributed by atoms with Crippen molar-refractivity contribution in [3.63, 3.8) is 0 Å². The second-order valence-electron chi connectivity index (χ2n) is 3.20. The van der Waals surface area contributed by atoms with E-state index in [2.05, 4.69) is 26.1 Å². The van der Waals surface area contributed by atoms with E-state index in [1.165, 1.54) is 11.3 Å². The molecule has 0 fully saturated rings. The Balaban J connectivity index is 2.86. The zero-order chi connectivity index (χ0) is 8.43. The quantitative estimate of drug-likeness (QED) is 0.640. The van der Waals surface area contributed by atoms with E-state index in [0.717, 1.165) is 11.6 Å². The van der Waals surface area contributed by atoms with Crippen LogP contribution in [0.1, 0.15) is 20.8 Å². The van der Waals surface area contributed by atoms with E-state index >= 15 is 0 Å². The molecule has 1 nitrogen and oxygen atoms in total. The average Bonchev–Trinajstić information content (AvgIpc) is 1.85. The summed E-state index contributed by atoms with van der Waals surface area (Å²) in [5.41, 5.74) is 2.57. The summed E-state index contributed by atoms with van der Waals surface area (Å²) >= 11 is 5.85. The molecule has 1 heterocycles. The summed E-state index contributed by atoms with van der Waals surface area (Å²) in [5.74, 6) is 0.566. The highest BCUT2D eigenvalue weighted by Crippen LogP contribution is 2.19. The lowest BCUT2D eigenvalue weighted by Crippen LogP contribution is -2.23. The Morgan fingerprint density at radius 1 is 1.55 bits per heavy atom. The zero-order valence-electron chi connectivity index (χ0n) is 7.24. The molecule has 11 heavy (non-hydrogen) atoms. The van der Waals surface area contributed by atoms with Crippen LogP contribution in [-0.4, -0.2) is 6.54 Å². The molecular formula is C9H14ClN. The number of dihydropyridines is 1. The largest absolute Gasteiger partial charge is 0.383 e. The highest BCUT2D eigenvalue weighted by Gasteiger charge is 2.10. The molecular weight excluding hydrogens is 158 g/mol. The molecule has 0 unspecified atom stereocenters. The Morgan fingerprint density at radius 3 is 2.64 bits per heavy atom. The number of hydrogen-bond donors (Lipinski definition) is 1. The van der Waals surface area contributed by atoms with Gasteiger partial charge in [-0.15, -0.1) is 0 Å². The van der Waals surface area contributed by atoms with Crippen molar-refractivity contribution in [1.82, 2.24) is 5.32 Å². The lowest BCUT2D eigenvalue weighted by molar-refractivity contribution is 0.662. The summed E-state index contributed by atoms with van der Waals surface area (Å²) in [6.45, 7) is 7.23. The van der Waals surface area contributed by atoms with Gasteiger partial charge in [0.2, 0.25) is 0 Å². The fourth-order valence-electron chi connectivity index (χ4n) is 1.34. The molecule has 0 saturated heterocycles. The van der Waals surface area contributed by atoms with Crippen LogP contribution < -0.4 is 5.32 Å². The third-order valence-electron chi connectivity index (χ3n) is 1.82. The topological polar surface area (TPSA) is 12.0 Å². The smallest absolute Gasteiger partial charge is 0.0505 e. The highest BCUT2D eigenvalue weighted by atomic mass is 35.5. The molecule has 1 rings (SSSR count).